The van der Waals surface area contributed by atoms with E-state index >= 15 is 0 Å². The van der Waals surface area contributed by atoms with Crippen molar-refractivity contribution in [1.82, 2.24) is 0 Å². The summed E-state index contributed by atoms with van der Waals surface area (Å²) in [7, 11) is 0. The first-order valence-electron chi connectivity index (χ1n) is 4.89. The minimum absolute atomic E-state index is 0.142. The normalized spacial score (nSPS) is 15.7. The summed E-state index contributed by atoms with van der Waals surface area (Å²) in [6.07, 6.45) is 2.27. The molecule has 5 nitrogen and oxygen atoms in total. The molecule has 0 bridgehead atoms. The molecule has 0 aromatic carbocycles. The van der Waals surface area contributed by atoms with Crippen molar-refractivity contribution in [2.45, 2.75) is 13.0 Å². The molecule has 0 saturated carbocycles. The van der Waals surface area contributed by atoms with E-state index in [-0.39, 0.29) is 12.1 Å². The second-order valence-corrected chi connectivity index (χ2v) is 3.14. The molecular formula is C12H16O5. The summed E-state index contributed by atoms with van der Waals surface area (Å²) in [5, 5.41) is 0. The summed E-state index contributed by atoms with van der Waals surface area (Å²) in [5.74, 6) is -0.814. The van der Waals surface area contributed by atoms with E-state index in [4.69, 9.17) is 9.47 Å². The predicted molar refractivity (Wildman–Crippen MR) is 62.0 cm³/mol. The largest absolute Gasteiger partial charge is 0.459 e. The van der Waals surface area contributed by atoms with Gasteiger partial charge >= 0.3 is 11.9 Å². The van der Waals surface area contributed by atoms with Crippen molar-refractivity contribution in [3.8, 4) is 0 Å². The third kappa shape index (κ3) is 9.07. The maximum absolute atomic E-state index is 10.7. The van der Waals surface area contributed by atoms with Crippen LogP contribution in [0.3, 0.4) is 0 Å². The summed E-state index contributed by atoms with van der Waals surface area (Å²) in [6.45, 7) is 12.5. The van der Waals surface area contributed by atoms with Crippen LogP contribution in [0.5, 0.6) is 0 Å². The predicted octanol–water partition coefficient (Wildman–Crippen LogP) is 1.36. The molecule has 0 aromatic heterocycles. The molecule has 1 heterocycles. The van der Waals surface area contributed by atoms with Gasteiger partial charge in [-0.3, -0.25) is 0 Å². The highest BCUT2D eigenvalue weighted by Gasteiger charge is 2.24. The molecule has 0 radical (unpaired) electrons. The van der Waals surface area contributed by atoms with Crippen molar-refractivity contribution < 1.29 is 23.8 Å². The lowest BCUT2D eigenvalue weighted by Gasteiger charge is -1.99. The van der Waals surface area contributed by atoms with Crippen molar-refractivity contribution in [3.63, 3.8) is 0 Å². The number of carbonyl (C=O) groups is 2. The molecule has 1 unspecified atom stereocenters. The fourth-order valence-electron chi connectivity index (χ4n) is 0.586. The van der Waals surface area contributed by atoms with E-state index in [1.54, 1.807) is 6.92 Å². The average molecular weight is 240 g/mol. The van der Waals surface area contributed by atoms with Crippen LogP contribution in [0.2, 0.25) is 0 Å². The van der Waals surface area contributed by atoms with Crippen LogP contribution in [0.15, 0.2) is 37.6 Å². The molecule has 0 aliphatic carbocycles. The Morgan fingerprint density at radius 3 is 2.35 bits per heavy atom. The van der Waals surface area contributed by atoms with E-state index in [1.165, 1.54) is 0 Å². The van der Waals surface area contributed by atoms with Crippen LogP contribution < -0.4 is 0 Å². The Balaban J connectivity index is 0.000000325. The highest BCUT2D eigenvalue weighted by molar-refractivity contribution is 5.86. The maximum atomic E-state index is 10.7. The fourth-order valence-corrected chi connectivity index (χ4v) is 0.586. The summed E-state index contributed by atoms with van der Waals surface area (Å²) in [5.41, 5.74) is 0.431. The fraction of sp³-hybridized carbons (Fsp3) is 0.333. The van der Waals surface area contributed by atoms with Crippen molar-refractivity contribution in [3.05, 3.63) is 37.6 Å². The number of esters is 2. The number of carbonyl (C=O) groups excluding carboxylic acids is 2. The first-order chi connectivity index (χ1) is 8.01. The standard InChI is InChI=1S/C7H10O3.C5H6O2/c1-5(2)7(8)10-4-6-3-9-6;1-3-5(6)7-4-2/h6H,1,3-4H2,2H3;3-4H,1-2H2. The third-order valence-corrected chi connectivity index (χ3v) is 1.52. The Labute approximate surface area is 100 Å². The van der Waals surface area contributed by atoms with E-state index in [9.17, 15) is 9.59 Å². The number of hydrogen-bond acceptors (Lipinski definition) is 5. The molecule has 0 spiro atoms. The van der Waals surface area contributed by atoms with Gasteiger partial charge in [0.15, 0.2) is 0 Å². The quantitative estimate of drug-likeness (QED) is 0.314. The van der Waals surface area contributed by atoms with Crippen LogP contribution >= 0.6 is 0 Å². The molecule has 1 fully saturated rings. The summed E-state index contributed by atoms with van der Waals surface area (Å²) >= 11 is 0. The van der Waals surface area contributed by atoms with E-state index < -0.39 is 5.97 Å². The first kappa shape index (κ1) is 15.1. The number of rotatable bonds is 5. The Bertz CT molecular complexity index is 315. The van der Waals surface area contributed by atoms with Gasteiger partial charge in [0.2, 0.25) is 0 Å². The Morgan fingerprint density at radius 1 is 1.47 bits per heavy atom. The van der Waals surface area contributed by atoms with Crippen molar-refractivity contribution in [1.29, 1.82) is 0 Å². The van der Waals surface area contributed by atoms with Gasteiger partial charge in [-0.05, 0) is 6.92 Å². The maximum Gasteiger partial charge on any atom is 0.334 e. The van der Waals surface area contributed by atoms with Gasteiger partial charge in [0.1, 0.15) is 12.7 Å². The monoisotopic (exact) mass is 240 g/mol. The first-order valence-corrected chi connectivity index (χ1v) is 4.89. The lowest BCUT2D eigenvalue weighted by molar-refractivity contribution is -0.139. The summed E-state index contributed by atoms with van der Waals surface area (Å²) in [6, 6.07) is 0. The van der Waals surface area contributed by atoms with Crippen molar-refractivity contribution in [2.24, 2.45) is 0 Å². The molecule has 94 valence electrons. The van der Waals surface area contributed by atoms with Gasteiger partial charge in [-0.25, -0.2) is 9.59 Å². The number of hydrogen-bond donors (Lipinski definition) is 0. The van der Waals surface area contributed by atoms with Crippen LogP contribution in [0.1, 0.15) is 6.92 Å². The van der Waals surface area contributed by atoms with E-state index in [2.05, 4.69) is 24.5 Å². The van der Waals surface area contributed by atoms with Gasteiger partial charge in [0.25, 0.3) is 0 Å². The van der Waals surface area contributed by atoms with Crippen LogP contribution in [0.4, 0.5) is 0 Å². The Morgan fingerprint density at radius 2 is 2.06 bits per heavy atom. The van der Waals surface area contributed by atoms with E-state index in [0.717, 1.165) is 12.3 Å². The van der Waals surface area contributed by atoms with Gasteiger partial charge < -0.3 is 14.2 Å². The SMILES string of the molecule is C=C(C)C(=O)OCC1CO1.C=COC(=O)C=C. The number of ether oxygens (including phenoxy) is 3. The molecule has 1 saturated heterocycles. The second kappa shape index (κ2) is 8.29. The van der Waals surface area contributed by atoms with Crippen LogP contribution in [0.25, 0.3) is 0 Å². The van der Waals surface area contributed by atoms with Gasteiger partial charge in [-0.2, -0.15) is 0 Å². The third-order valence-electron chi connectivity index (χ3n) is 1.52. The Kier molecular flexibility index (Phi) is 7.38. The Hall–Kier alpha value is -1.88. The second-order valence-electron chi connectivity index (χ2n) is 3.14. The lowest BCUT2D eigenvalue weighted by atomic mass is 10.4. The highest BCUT2D eigenvalue weighted by Crippen LogP contribution is 2.09. The zero-order valence-electron chi connectivity index (χ0n) is 9.81. The molecule has 1 atom stereocenters. The molecular weight excluding hydrogens is 224 g/mol. The molecule has 5 heteroatoms. The number of epoxide rings is 1. The minimum atomic E-state index is -0.477. The van der Waals surface area contributed by atoms with Crippen LogP contribution in [-0.4, -0.2) is 31.3 Å². The smallest absolute Gasteiger partial charge is 0.334 e. The van der Waals surface area contributed by atoms with E-state index in [0.29, 0.717) is 18.8 Å². The molecule has 0 amide bonds. The minimum Gasteiger partial charge on any atom is -0.459 e. The molecule has 1 rings (SSSR count). The van der Waals surface area contributed by atoms with E-state index in [1.807, 2.05) is 0 Å². The molecule has 0 N–H and O–H groups in total. The average Bonchev–Trinajstić information content (AvgIpc) is 3.10. The van der Waals surface area contributed by atoms with Gasteiger partial charge in [-0.15, -0.1) is 0 Å². The van der Waals surface area contributed by atoms with Crippen LogP contribution in [0, 0.1) is 0 Å². The zero-order chi connectivity index (χ0) is 13.3. The molecule has 17 heavy (non-hydrogen) atoms. The molecule has 1 aliphatic heterocycles. The van der Waals surface area contributed by atoms with Crippen LogP contribution in [-0.2, 0) is 23.8 Å². The van der Waals surface area contributed by atoms with Gasteiger partial charge in [0, 0.05) is 11.6 Å². The lowest BCUT2D eigenvalue weighted by Crippen LogP contribution is -2.09. The summed E-state index contributed by atoms with van der Waals surface area (Å²) in [4.78, 5) is 20.7. The van der Waals surface area contributed by atoms with Gasteiger partial charge in [-0.1, -0.05) is 19.7 Å². The van der Waals surface area contributed by atoms with Crippen molar-refractivity contribution >= 4 is 11.9 Å². The van der Waals surface area contributed by atoms with Crippen molar-refractivity contribution in [2.75, 3.05) is 13.2 Å². The molecule has 1 aliphatic rings. The highest BCUT2D eigenvalue weighted by atomic mass is 16.6. The summed E-state index contributed by atoms with van der Waals surface area (Å²) < 4.78 is 13.8. The molecule has 0 aromatic rings. The topological polar surface area (TPSA) is 65.1 Å². The zero-order valence-corrected chi connectivity index (χ0v) is 9.81. The van der Waals surface area contributed by atoms with Gasteiger partial charge in [0.05, 0.1) is 12.9 Å².